The molecule has 0 radical (unpaired) electrons. The third-order valence-corrected chi connectivity index (χ3v) is 3.60. The summed E-state index contributed by atoms with van der Waals surface area (Å²) in [5, 5.41) is 12.9. The summed E-state index contributed by atoms with van der Waals surface area (Å²) in [5.74, 6) is -0.591. The van der Waals surface area contributed by atoms with Gasteiger partial charge in [0.25, 0.3) is 5.89 Å². The number of carbonyl (C=O) groups is 1. The highest BCUT2D eigenvalue weighted by atomic mass is 79.9. The molecular formula is C13H9BrN4O3. The number of nitrogens with one attached hydrogen (secondary N) is 1. The van der Waals surface area contributed by atoms with Crippen LogP contribution in [0.5, 0.6) is 0 Å². The summed E-state index contributed by atoms with van der Waals surface area (Å²) < 4.78 is 6.05. The summed E-state index contributed by atoms with van der Waals surface area (Å²) in [7, 11) is 0. The number of benzene rings is 1. The van der Waals surface area contributed by atoms with Crippen molar-refractivity contribution in [3.63, 3.8) is 0 Å². The van der Waals surface area contributed by atoms with E-state index in [1.165, 1.54) is 6.33 Å². The van der Waals surface area contributed by atoms with Crippen molar-refractivity contribution in [3.8, 4) is 11.6 Å². The molecule has 0 amide bonds. The lowest BCUT2D eigenvalue weighted by Crippen LogP contribution is -1.99. The fourth-order valence-electron chi connectivity index (χ4n) is 1.86. The molecule has 0 aliphatic heterocycles. The van der Waals surface area contributed by atoms with Gasteiger partial charge in [-0.2, -0.15) is 4.98 Å². The molecule has 2 aromatic heterocycles. The smallest absolute Gasteiger partial charge is 0.356 e. The van der Waals surface area contributed by atoms with Gasteiger partial charge in [0, 0.05) is 10.9 Å². The lowest BCUT2D eigenvalue weighted by atomic mass is 10.1. The van der Waals surface area contributed by atoms with E-state index in [1.54, 1.807) is 0 Å². The van der Waals surface area contributed by atoms with Crippen molar-refractivity contribution in [2.45, 2.75) is 6.42 Å². The molecule has 106 valence electrons. The summed E-state index contributed by atoms with van der Waals surface area (Å²) in [6.07, 6.45) is 1.75. The minimum absolute atomic E-state index is 0.104. The molecule has 2 heterocycles. The van der Waals surface area contributed by atoms with E-state index in [2.05, 4.69) is 36.0 Å². The fraction of sp³-hybridized carbons (Fsp3) is 0.0769. The summed E-state index contributed by atoms with van der Waals surface area (Å²) in [6, 6.07) is 7.70. The summed E-state index contributed by atoms with van der Waals surface area (Å²) in [4.78, 5) is 21.6. The predicted octanol–water partition coefficient (Wildman–Crippen LogP) is 2.51. The average molecular weight is 349 g/mol. The third-order valence-electron chi connectivity index (χ3n) is 2.83. The normalized spacial score (nSPS) is 10.7. The van der Waals surface area contributed by atoms with Crippen molar-refractivity contribution in [1.82, 2.24) is 20.1 Å². The maximum atomic E-state index is 11.0. The van der Waals surface area contributed by atoms with Crippen LogP contribution in [0.25, 0.3) is 11.6 Å². The van der Waals surface area contributed by atoms with Crippen molar-refractivity contribution < 1.29 is 14.4 Å². The molecule has 7 nitrogen and oxygen atoms in total. The van der Waals surface area contributed by atoms with E-state index in [0.717, 1.165) is 10.0 Å². The zero-order chi connectivity index (χ0) is 14.8. The second-order valence-corrected chi connectivity index (χ2v) is 5.07. The van der Waals surface area contributed by atoms with Gasteiger partial charge in [-0.3, -0.25) is 0 Å². The van der Waals surface area contributed by atoms with Crippen molar-refractivity contribution in [1.29, 1.82) is 0 Å². The molecule has 0 saturated heterocycles. The van der Waals surface area contributed by atoms with Gasteiger partial charge >= 0.3 is 5.97 Å². The van der Waals surface area contributed by atoms with Gasteiger partial charge in [0.05, 0.1) is 6.33 Å². The maximum Gasteiger partial charge on any atom is 0.356 e. The molecule has 0 aliphatic rings. The Bertz CT molecular complexity index is 796. The Balaban J connectivity index is 1.89. The number of carboxylic acids is 1. The lowest BCUT2D eigenvalue weighted by Gasteiger charge is -1.99. The number of H-pyrrole nitrogens is 1. The Morgan fingerprint density at radius 3 is 2.95 bits per heavy atom. The van der Waals surface area contributed by atoms with Crippen LogP contribution in [0, 0.1) is 0 Å². The number of hydrogen-bond acceptors (Lipinski definition) is 5. The topological polar surface area (TPSA) is 105 Å². The lowest BCUT2D eigenvalue weighted by molar-refractivity contribution is 0.0691. The molecule has 0 atom stereocenters. The zero-order valence-corrected chi connectivity index (χ0v) is 12.2. The Hall–Kier alpha value is -2.48. The average Bonchev–Trinajstić information content (AvgIpc) is 3.09. The molecule has 0 bridgehead atoms. The minimum atomic E-state index is -1.16. The van der Waals surface area contributed by atoms with E-state index in [4.69, 9.17) is 9.63 Å². The summed E-state index contributed by atoms with van der Waals surface area (Å²) in [5.41, 5.74) is 1.06. The second kappa shape index (κ2) is 5.49. The van der Waals surface area contributed by atoms with Gasteiger partial charge in [0.1, 0.15) is 5.69 Å². The minimum Gasteiger partial charge on any atom is -0.476 e. The highest BCUT2D eigenvalue weighted by molar-refractivity contribution is 9.10. The SMILES string of the molecule is O=C(O)c1nc[nH]c1-c1nc(Cc2ccccc2Br)no1. The molecule has 0 unspecified atom stereocenters. The van der Waals surface area contributed by atoms with Gasteiger partial charge < -0.3 is 14.6 Å². The van der Waals surface area contributed by atoms with E-state index < -0.39 is 5.97 Å². The molecule has 0 aliphatic carbocycles. The highest BCUT2D eigenvalue weighted by Crippen LogP contribution is 2.21. The molecule has 0 fully saturated rings. The number of aromatic carboxylic acids is 1. The number of aromatic amines is 1. The van der Waals surface area contributed by atoms with E-state index in [-0.39, 0.29) is 17.3 Å². The van der Waals surface area contributed by atoms with Crippen molar-refractivity contribution in [2.75, 3.05) is 0 Å². The molecule has 1 aromatic carbocycles. The zero-order valence-electron chi connectivity index (χ0n) is 10.6. The number of hydrogen-bond donors (Lipinski definition) is 2. The van der Waals surface area contributed by atoms with Crippen LogP contribution >= 0.6 is 15.9 Å². The maximum absolute atomic E-state index is 11.0. The Morgan fingerprint density at radius 1 is 1.38 bits per heavy atom. The van der Waals surface area contributed by atoms with Crippen LogP contribution in [0.3, 0.4) is 0 Å². The quantitative estimate of drug-likeness (QED) is 0.750. The van der Waals surface area contributed by atoms with Crippen LogP contribution in [0.1, 0.15) is 21.9 Å². The van der Waals surface area contributed by atoms with Crippen LogP contribution in [-0.2, 0) is 6.42 Å². The van der Waals surface area contributed by atoms with Gasteiger partial charge in [-0.1, -0.05) is 39.3 Å². The number of aromatic nitrogens is 4. The monoisotopic (exact) mass is 348 g/mol. The Labute approximate surface area is 127 Å². The van der Waals surface area contributed by atoms with Gasteiger partial charge in [0.2, 0.25) is 0 Å². The van der Waals surface area contributed by atoms with E-state index in [1.807, 2.05) is 24.3 Å². The third kappa shape index (κ3) is 2.70. The summed E-state index contributed by atoms with van der Waals surface area (Å²) >= 11 is 3.45. The first-order valence-electron chi connectivity index (χ1n) is 5.98. The summed E-state index contributed by atoms with van der Waals surface area (Å²) in [6.45, 7) is 0. The molecule has 0 spiro atoms. The highest BCUT2D eigenvalue weighted by Gasteiger charge is 2.20. The molecule has 8 heteroatoms. The fourth-order valence-corrected chi connectivity index (χ4v) is 2.28. The van der Waals surface area contributed by atoms with E-state index in [9.17, 15) is 4.79 Å². The number of nitrogens with zero attached hydrogens (tertiary/aromatic N) is 3. The van der Waals surface area contributed by atoms with Gasteiger partial charge in [-0.15, -0.1) is 0 Å². The number of carboxylic acid groups (broad SMARTS) is 1. The van der Waals surface area contributed by atoms with Crippen LogP contribution in [0.2, 0.25) is 0 Å². The molecule has 2 N–H and O–H groups in total. The second-order valence-electron chi connectivity index (χ2n) is 4.22. The van der Waals surface area contributed by atoms with Gasteiger partial charge in [0.15, 0.2) is 11.5 Å². The molecule has 21 heavy (non-hydrogen) atoms. The van der Waals surface area contributed by atoms with E-state index >= 15 is 0 Å². The first-order valence-corrected chi connectivity index (χ1v) is 6.77. The molecule has 0 saturated carbocycles. The van der Waals surface area contributed by atoms with Crippen molar-refractivity contribution >= 4 is 21.9 Å². The number of halogens is 1. The van der Waals surface area contributed by atoms with Crippen LogP contribution < -0.4 is 0 Å². The molecular weight excluding hydrogens is 340 g/mol. The van der Waals surface area contributed by atoms with Crippen molar-refractivity contribution in [3.05, 3.63) is 52.1 Å². The Kier molecular flexibility index (Phi) is 3.53. The number of rotatable bonds is 4. The number of imidazole rings is 1. The first-order chi connectivity index (χ1) is 10.1. The first kappa shape index (κ1) is 13.5. The standard InChI is InChI=1S/C13H9BrN4O3/c14-8-4-2-1-3-7(8)5-9-17-12(21-18-9)10-11(13(19)20)16-6-15-10/h1-4,6H,5H2,(H,15,16)(H,19,20). The van der Waals surface area contributed by atoms with Crippen LogP contribution in [-0.4, -0.2) is 31.2 Å². The molecule has 3 aromatic rings. The predicted molar refractivity (Wildman–Crippen MR) is 75.8 cm³/mol. The van der Waals surface area contributed by atoms with Gasteiger partial charge in [-0.05, 0) is 11.6 Å². The largest absolute Gasteiger partial charge is 0.476 e. The van der Waals surface area contributed by atoms with E-state index in [0.29, 0.717) is 12.2 Å². The van der Waals surface area contributed by atoms with Crippen molar-refractivity contribution in [2.24, 2.45) is 0 Å². The van der Waals surface area contributed by atoms with Crippen LogP contribution in [0.15, 0.2) is 39.6 Å². The molecule has 3 rings (SSSR count). The Morgan fingerprint density at radius 2 is 2.19 bits per heavy atom. The van der Waals surface area contributed by atoms with Crippen LogP contribution in [0.4, 0.5) is 0 Å². The van der Waals surface area contributed by atoms with Gasteiger partial charge in [-0.25, -0.2) is 9.78 Å².